The minimum Gasteiger partial charge on any atom is -0.465 e. The summed E-state index contributed by atoms with van der Waals surface area (Å²) >= 11 is 1.90. The average Bonchev–Trinajstić information content (AvgIpc) is 2.25. The zero-order chi connectivity index (χ0) is 13.3. The van der Waals surface area contributed by atoms with Crippen molar-refractivity contribution in [3.05, 3.63) is 0 Å². The molecule has 1 unspecified atom stereocenters. The molecule has 0 aromatic rings. The zero-order valence-corrected chi connectivity index (χ0v) is 12.7. The van der Waals surface area contributed by atoms with Gasteiger partial charge >= 0.3 is 5.97 Å². The van der Waals surface area contributed by atoms with Gasteiger partial charge in [0.05, 0.1) is 6.61 Å². The van der Waals surface area contributed by atoms with Crippen LogP contribution in [0.5, 0.6) is 0 Å². The highest BCUT2D eigenvalue weighted by Crippen LogP contribution is 2.17. The van der Waals surface area contributed by atoms with Crippen LogP contribution in [-0.2, 0) is 9.53 Å². The van der Waals surface area contributed by atoms with Crippen LogP contribution in [0.15, 0.2) is 0 Å². The normalized spacial score (nSPS) is 14.7. The molecule has 0 rings (SSSR count). The number of esters is 1. The predicted molar refractivity (Wildman–Crippen MR) is 75.5 cm³/mol. The van der Waals surface area contributed by atoms with Crippen molar-refractivity contribution < 1.29 is 9.53 Å². The van der Waals surface area contributed by atoms with Gasteiger partial charge in [0.2, 0.25) is 0 Å². The Morgan fingerprint density at radius 2 is 2.06 bits per heavy atom. The third-order valence-corrected chi connectivity index (χ3v) is 3.89. The molecule has 1 N–H and O–H groups in total. The van der Waals surface area contributed by atoms with Crippen LogP contribution < -0.4 is 5.32 Å². The van der Waals surface area contributed by atoms with Gasteiger partial charge in [0.15, 0.2) is 0 Å². The van der Waals surface area contributed by atoms with E-state index in [-0.39, 0.29) is 5.97 Å². The highest BCUT2D eigenvalue weighted by molar-refractivity contribution is 7.99. The standard InChI is InChI=1S/C13H27NO2S/c1-6-14-13(5,12(15)16-7-2)8-9-17-10-11(3)4/h11,14H,6-10H2,1-5H3. The molecule has 0 saturated carbocycles. The lowest BCUT2D eigenvalue weighted by Crippen LogP contribution is -2.50. The van der Waals surface area contributed by atoms with Gasteiger partial charge in [-0.25, -0.2) is 0 Å². The maximum absolute atomic E-state index is 11.9. The van der Waals surface area contributed by atoms with Crippen molar-refractivity contribution in [2.75, 3.05) is 24.7 Å². The fourth-order valence-electron chi connectivity index (χ4n) is 1.54. The lowest BCUT2D eigenvalue weighted by Gasteiger charge is -2.28. The number of carbonyl (C=O) groups is 1. The van der Waals surface area contributed by atoms with Gasteiger partial charge in [0.1, 0.15) is 5.54 Å². The van der Waals surface area contributed by atoms with Gasteiger partial charge in [-0.1, -0.05) is 20.8 Å². The van der Waals surface area contributed by atoms with E-state index in [4.69, 9.17) is 4.74 Å². The minimum atomic E-state index is -0.533. The summed E-state index contributed by atoms with van der Waals surface area (Å²) in [5.74, 6) is 2.70. The van der Waals surface area contributed by atoms with Crippen molar-refractivity contribution in [1.82, 2.24) is 5.32 Å². The third-order valence-electron chi connectivity index (χ3n) is 2.49. The summed E-state index contributed by atoms with van der Waals surface area (Å²) in [6.07, 6.45) is 0.817. The second-order valence-electron chi connectivity index (χ2n) is 4.80. The first kappa shape index (κ1) is 16.8. The molecule has 0 radical (unpaired) electrons. The van der Waals surface area contributed by atoms with Gasteiger partial charge in [-0.3, -0.25) is 4.79 Å². The Hall–Kier alpha value is -0.220. The van der Waals surface area contributed by atoms with Crippen LogP contribution in [-0.4, -0.2) is 36.2 Å². The van der Waals surface area contributed by atoms with E-state index < -0.39 is 5.54 Å². The van der Waals surface area contributed by atoms with E-state index in [0.29, 0.717) is 12.5 Å². The molecule has 0 saturated heterocycles. The van der Waals surface area contributed by atoms with E-state index >= 15 is 0 Å². The number of carbonyl (C=O) groups excluding carboxylic acids is 1. The van der Waals surface area contributed by atoms with E-state index in [1.807, 2.05) is 32.5 Å². The van der Waals surface area contributed by atoms with Crippen molar-refractivity contribution in [3.63, 3.8) is 0 Å². The highest BCUT2D eigenvalue weighted by atomic mass is 32.2. The summed E-state index contributed by atoms with van der Waals surface area (Å²) in [5.41, 5.74) is -0.533. The molecular weight excluding hydrogens is 234 g/mol. The monoisotopic (exact) mass is 261 g/mol. The summed E-state index contributed by atoms with van der Waals surface area (Å²) in [4.78, 5) is 11.9. The molecule has 102 valence electrons. The van der Waals surface area contributed by atoms with Gasteiger partial charge in [0, 0.05) is 0 Å². The summed E-state index contributed by atoms with van der Waals surface area (Å²) in [6, 6.07) is 0. The Bertz CT molecular complexity index is 221. The zero-order valence-electron chi connectivity index (χ0n) is 11.8. The molecule has 0 fully saturated rings. The van der Waals surface area contributed by atoms with Gasteiger partial charge in [-0.05, 0) is 44.2 Å². The topological polar surface area (TPSA) is 38.3 Å². The van der Waals surface area contributed by atoms with E-state index in [9.17, 15) is 4.79 Å². The molecule has 0 aliphatic rings. The Morgan fingerprint density at radius 1 is 1.41 bits per heavy atom. The molecule has 3 nitrogen and oxygen atoms in total. The van der Waals surface area contributed by atoms with E-state index in [1.165, 1.54) is 0 Å². The molecule has 0 heterocycles. The molecule has 17 heavy (non-hydrogen) atoms. The predicted octanol–water partition coefficient (Wildman–Crippen LogP) is 2.70. The largest absolute Gasteiger partial charge is 0.465 e. The number of hydrogen-bond donors (Lipinski definition) is 1. The molecular formula is C13H27NO2S. The van der Waals surface area contributed by atoms with Gasteiger partial charge < -0.3 is 10.1 Å². The summed E-state index contributed by atoms with van der Waals surface area (Å²) in [6.45, 7) is 11.4. The first-order valence-corrected chi connectivity index (χ1v) is 7.61. The molecule has 4 heteroatoms. The van der Waals surface area contributed by atoms with Crippen molar-refractivity contribution in [2.45, 2.75) is 46.6 Å². The fraction of sp³-hybridized carbons (Fsp3) is 0.923. The van der Waals surface area contributed by atoms with Crippen LogP contribution in [0.25, 0.3) is 0 Å². The second-order valence-corrected chi connectivity index (χ2v) is 5.95. The van der Waals surface area contributed by atoms with E-state index in [2.05, 4.69) is 19.2 Å². The number of thioether (sulfide) groups is 1. The molecule has 1 atom stereocenters. The van der Waals surface area contributed by atoms with Crippen LogP contribution in [0.4, 0.5) is 0 Å². The number of likely N-dealkylation sites (N-methyl/N-ethyl adjacent to an activating group) is 1. The van der Waals surface area contributed by atoms with Crippen LogP contribution in [0, 0.1) is 5.92 Å². The molecule has 0 aromatic heterocycles. The SMILES string of the molecule is CCNC(C)(CCSCC(C)C)C(=O)OCC. The molecule has 0 bridgehead atoms. The Morgan fingerprint density at radius 3 is 2.53 bits per heavy atom. The maximum Gasteiger partial charge on any atom is 0.326 e. The summed E-state index contributed by atoms with van der Waals surface area (Å²) in [7, 11) is 0. The summed E-state index contributed by atoms with van der Waals surface area (Å²) < 4.78 is 5.13. The van der Waals surface area contributed by atoms with Crippen molar-refractivity contribution in [1.29, 1.82) is 0 Å². The lowest BCUT2D eigenvalue weighted by molar-refractivity contribution is -0.150. The first-order valence-electron chi connectivity index (χ1n) is 6.46. The number of ether oxygens (including phenoxy) is 1. The van der Waals surface area contributed by atoms with Gasteiger partial charge in [0.25, 0.3) is 0 Å². The quantitative estimate of drug-likeness (QED) is 0.511. The third kappa shape index (κ3) is 6.94. The molecule has 0 aliphatic heterocycles. The van der Waals surface area contributed by atoms with Gasteiger partial charge in [-0.15, -0.1) is 0 Å². The Labute approximate surface area is 110 Å². The molecule has 0 spiro atoms. The smallest absolute Gasteiger partial charge is 0.326 e. The molecule has 0 amide bonds. The lowest BCUT2D eigenvalue weighted by atomic mass is 9.99. The Kier molecular flexibility index (Phi) is 8.70. The van der Waals surface area contributed by atoms with Gasteiger partial charge in [-0.2, -0.15) is 11.8 Å². The highest BCUT2D eigenvalue weighted by Gasteiger charge is 2.33. The van der Waals surface area contributed by atoms with E-state index in [1.54, 1.807) is 0 Å². The second kappa shape index (κ2) is 8.81. The van der Waals surface area contributed by atoms with E-state index in [0.717, 1.165) is 24.5 Å². The van der Waals surface area contributed by atoms with Crippen LogP contribution in [0.3, 0.4) is 0 Å². The van der Waals surface area contributed by atoms with Crippen LogP contribution >= 0.6 is 11.8 Å². The van der Waals surface area contributed by atoms with Crippen LogP contribution in [0.2, 0.25) is 0 Å². The van der Waals surface area contributed by atoms with Crippen molar-refractivity contribution in [3.8, 4) is 0 Å². The Balaban J connectivity index is 4.16. The summed E-state index contributed by atoms with van der Waals surface area (Å²) in [5, 5.41) is 3.24. The maximum atomic E-state index is 11.9. The average molecular weight is 261 g/mol. The minimum absolute atomic E-state index is 0.132. The van der Waals surface area contributed by atoms with Crippen molar-refractivity contribution >= 4 is 17.7 Å². The number of hydrogen-bond acceptors (Lipinski definition) is 4. The number of rotatable bonds is 9. The molecule has 0 aromatic carbocycles. The number of nitrogens with one attached hydrogen (secondary N) is 1. The fourth-order valence-corrected chi connectivity index (χ4v) is 2.73. The van der Waals surface area contributed by atoms with Crippen molar-refractivity contribution in [2.24, 2.45) is 5.92 Å². The molecule has 0 aliphatic carbocycles. The van der Waals surface area contributed by atoms with Crippen LogP contribution in [0.1, 0.15) is 41.0 Å². The first-order chi connectivity index (χ1) is 7.96.